The van der Waals surface area contributed by atoms with E-state index in [1.807, 2.05) is 17.8 Å². The normalized spacial score (nSPS) is 20.1. The van der Waals surface area contributed by atoms with Crippen molar-refractivity contribution in [2.75, 3.05) is 0 Å². The number of carbonyl (C=O) groups excluding carboxylic acids is 1. The molecule has 0 N–H and O–H groups in total. The maximum atomic E-state index is 12.3. The van der Waals surface area contributed by atoms with Crippen molar-refractivity contribution in [3.63, 3.8) is 0 Å². The quantitative estimate of drug-likeness (QED) is 0.697. The highest BCUT2D eigenvalue weighted by molar-refractivity contribution is 5.98. The molecule has 15 heavy (non-hydrogen) atoms. The lowest BCUT2D eigenvalue weighted by Gasteiger charge is -2.31. The van der Waals surface area contributed by atoms with E-state index in [9.17, 15) is 4.79 Å². The Hall–Kier alpha value is -1.12. The largest absolute Gasteiger partial charge is 0.340 e. The highest BCUT2D eigenvalue weighted by atomic mass is 16.1. The molecule has 3 nitrogen and oxygen atoms in total. The second-order valence-corrected chi connectivity index (χ2v) is 4.87. The van der Waals surface area contributed by atoms with E-state index in [0.29, 0.717) is 5.69 Å². The molecule has 2 rings (SSSR count). The van der Waals surface area contributed by atoms with Crippen LogP contribution in [0.1, 0.15) is 49.5 Å². The second kappa shape index (κ2) is 3.80. The van der Waals surface area contributed by atoms with Crippen LogP contribution in [0.4, 0.5) is 0 Å². The van der Waals surface area contributed by atoms with E-state index in [0.717, 1.165) is 12.8 Å². The molecule has 0 bridgehead atoms. The van der Waals surface area contributed by atoms with Gasteiger partial charge < -0.3 is 4.57 Å². The smallest absolute Gasteiger partial charge is 0.188 e. The monoisotopic (exact) mass is 206 g/mol. The molecule has 3 heteroatoms. The first-order chi connectivity index (χ1) is 7.12. The van der Waals surface area contributed by atoms with Crippen LogP contribution in [0.2, 0.25) is 0 Å². The number of imidazole rings is 1. The van der Waals surface area contributed by atoms with Crippen LogP contribution < -0.4 is 0 Å². The molecule has 0 amide bonds. The van der Waals surface area contributed by atoms with Crippen LogP contribution in [0, 0.1) is 5.41 Å². The van der Waals surface area contributed by atoms with Crippen LogP contribution in [0.5, 0.6) is 0 Å². The van der Waals surface area contributed by atoms with E-state index in [2.05, 4.69) is 11.9 Å². The zero-order valence-electron chi connectivity index (χ0n) is 9.49. The summed E-state index contributed by atoms with van der Waals surface area (Å²) in [7, 11) is 1.90. The summed E-state index contributed by atoms with van der Waals surface area (Å²) in [5.41, 5.74) is 0.467. The summed E-state index contributed by atoms with van der Waals surface area (Å²) in [6.45, 7) is 2.09. The number of carbonyl (C=O) groups is 1. The van der Waals surface area contributed by atoms with Gasteiger partial charge in [-0.3, -0.25) is 4.79 Å². The minimum Gasteiger partial charge on any atom is -0.340 e. The van der Waals surface area contributed by atoms with Crippen LogP contribution in [-0.4, -0.2) is 15.3 Å². The van der Waals surface area contributed by atoms with Gasteiger partial charge >= 0.3 is 0 Å². The molecule has 82 valence electrons. The molecular weight excluding hydrogens is 188 g/mol. The van der Waals surface area contributed by atoms with Gasteiger partial charge in [0.05, 0.1) is 6.33 Å². The fourth-order valence-corrected chi connectivity index (χ4v) is 2.40. The molecule has 1 aliphatic carbocycles. The van der Waals surface area contributed by atoms with Gasteiger partial charge in [0.1, 0.15) is 5.69 Å². The van der Waals surface area contributed by atoms with E-state index in [4.69, 9.17) is 0 Å². The molecule has 1 aromatic heterocycles. The van der Waals surface area contributed by atoms with E-state index in [-0.39, 0.29) is 11.2 Å². The summed E-state index contributed by atoms with van der Waals surface area (Å²) < 4.78 is 1.83. The standard InChI is InChI=1S/C12H18N2O/c1-12(6-4-3-5-7-12)11(15)10-8-14(2)9-13-10/h8-9H,3-7H2,1-2H3. The Balaban J connectivity index is 2.19. The SMILES string of the molecule is Cn1cnc(C(=O)C2(C)CCCCC2)c1. The van der Waals surface area contributed by atoms with Crippen LogP contribution in [-0.2, 0) is 7.05 Å². The molecule has 1 heterocycles. The lowest BCUT2D eigenvalue weighted by Crippen LogP contribution is -2.30. The van der Waals surface area contributed by atoms with Gasteiger partial charge in [0.2, 0.25) is 0 Å². The van der Waals surface area contributed by atoms with Crippen molar-refractivity contribution in [1.82, 2.24) is 9.55 Å². The maximum absolute atomic E-state index is 12.3. The Morgan fingerprint density at radius 2 is 2.07 bits per heavy atom. The lowest BCUT2D eigenvalue weighted by molar-refractivity contribution is 0.0744. The van der Waals surface area contributed by atoms with Crippen LogP contribution in [0.25, 0.3) is 0 Å². The molecule has 0 unspecified atom stereocenters. The van der Waals surface area contributed by atoms with Crippen LogP contribution >= 0.6 is 0 Å². The van der Waals surface area contributed by atoms with Crippen LogP contribution in [0.15, 0.2) is 12.5 Å². The van der Waals surface area contributed by atoms with Gasteiger partial charge in [0.15, 0.2) is 5.78 Å². The summed E-state index contributed by atoms with van der Waals surface area (Å²) in [4.78, 5) is 16.4. The first kappa shape index (κ1) is 10.4. The van der Waals surface area contributed by atoms with Crippen molar-refractivity contribution in [3.05, 3.63) is 18.2 Å². The van der Waals surface area contributed by atoms with Gasteiger partial charge in [-0.2, -0.15) is 0 Å². The molecular formula is C12H18N2O. The predicted octanol–water partition coefficient (Wildman–Crippen LogP) is 2.57. The van der Waals surface area contributed by atoms with Gasteiger partial charge in [0.25, 0.3) is 0 Å². The summed E-state index contributed by atoms with van der Waals surface area (Å²) in [6.07, 6.45) is 9.17. The highest BCUT2D eigenvalue weighted by Gasteiger charge is 2.35. The number of hydrogen-bond acceptors (Lipinski definition) is 2. The molecule has 1 saturated carbocycles. The molecule has 0 radical (unpaired) electrons. The minimum atomic E-state index is -0.160. The topological polar surface area (TPSA) is 34.9 Å². The van der Waals surface area contributed by atoms with Gasteiger partial charge in [-0.25, -0.2) is 4.98 Å². The Kier molecular flexibility index (Phi) is 2.63. The molecule has 0 aliphatic heterocycles. The predicted molar refractivity (Wildman–Crippen MR) is 58.7 cm³/mol. The third-order valence-electron chi connectivity index (χ3n) is 3.44. The zero-order chi connectivity index (χ0) is 10.9. The first-order valence-electron chi connectivity index (χ1n) is 5.65. The average Bonchev–Trinajstić information content (AvgIpc) is 2.65. The number of aromatic nitrogens is 2. The first-order valence-corrected chi connectivity index (χ1v) is 5.65. The fourth-order valence-electron chi connectivity index (χ4n) is 2.40. The van der Waals surface area contributed by atoms with Gasteiger partial charge in [-0.15, -0.1) is 0 Å². The van der Waals surface area contributed by atoms with E-state index >= 15 is 0 Å². The lowest BCUT2D eigenvalue weighted by atomic mass is 9.72. The number of Topliss-reactive ketones (excluding diaryl/α,β-unsaturated/α-hetero) is 1. The second-order valence-electron chi connectivity index (χ2n) is 4.87. The van der Waals surface area contributed by atoms with E-state index < -0.39 is 0 Å². The van der Waals surface area contributed by atoms with Gasteiger partial charge in [0, 0.05) is 18.7 Å². The molecule has 1 aliphatic rings. The molecule has 1 fully saturated rings. The number of rotatable bonds is 2. The zero-order valence-corrected chi connectivity index (χ0v) is 9.49. The molecule has 0 saturated heterocycles. The van der Waals surface area contributed by atoms with E-state index in [1.165, 1.54) is 19.3 Å². The Labute approximate surface area is 90.5 Å². The fraction of sp³-hybridized carbons (Fsp3) is 0.667. The van der Waals surface area contributed by atoms with Crippen molar-refractivity contribution in [3.8, 4) is 0 Å². The summed E-state index contributed by atoms with van der Waals surface area (Å²) in [6, 6.07) is 0. The van der Waals surface area contributed by atoms with Crippen molar-refractivity contribution < 1.29 is 4.79 Å². The number of aryl methyl sites for hydroxylation is 1. The third kappa shape index (κ3) is 1.96. The average molecular weight is 206 g/mol. The van der Waals surface area contributed by atoms with Crippen molar-refractivity contribution in [2.24, 2.45) is 12.5 Å². The molecule has 1 aromatic rings. The van der Waals surface area contributed by atoms with Crippen molar-refractivity contribution in [1.29, 1.82) is 0 Å². The van der Waals surface area contributed by atoms with Crippen molar-refractivity contribution >= 4 is 5.78 Å². The molecule has 0 atom stereocenters. The minimum absolute atomic E-state index is 0.160. The molecule has 0 aromatic carbocycles. The number of hydrogen-bond donors (Lipinski definition) is 0. The Morgan fingerprint density at radius 3 is 2.60 bits per heavy atom. The Morgan fingerprint density at radius 1 is 1.40 bits per heavy atom. The summed E-state index contributed by atoms with van der Waals surface area (Å²) in [5.74, 6) is 0.225. The Bertz CT molecular complexity index is 361. The maximum Gasteiger partial charge on any atom is 0.188 e. The number of ketones is 1. The number of nitrogens with zero attached hydrogens (tertiary/aromatic N) is 2. The molecule has 0 spiro atoms. The van der Waals surface area contributed by atoms with Crippen molar-refractivity contribution in [2.45, 2.75) is 39.0 Å². The van der Waals surface area contributed by atoms with Gasteiger partial charge in [-0.1, -0.05) is 26.2 Å². The third-order valence-corrected chi connectivity index (χ3v) is 3.44. The van der Waals surface area contributed by atoms with Crippen LogP contribution in [0.3, 0.4) is 0 Å². The summed E-state index contributed by atoms with van der Waals surface area (Å²) in [5, 5.41) is 0. The highest BCUT2D eigenvalue weighted by Crippen LogP contribution is 2.38. The summed E-state index contributed by atoms with van der Waals surface area (Å²) >= 11 is 0. The van der Waals surface area contributed by atoms with E-state index in [1.54, 1.807) is 6.33 Å². The van der Waals surface area contributed by atoms with Gasteiger partial charge in [-0.05, 0) is 12.8 Å².